The molecule has 1 saturated heterocycles. The summed E-state index contributed by atoms with van der Waals surface area (Å²) in [5, 5.41) is 3.67. The second-order valence-corrected chi connectivity index (χ2v) is 8.10. The molecule has 0 unspecified atom stereocenters. The normalized spacial score (nSPS) is 21.1. The first-order valence-corrected chi connectivity index (χ1v) is 10.3. The minimum atomic E-state index is 0.264. The van der Waals surface area contributed by atoms with Crippen molar-refractivity contribution in [1.29, 1.82) is 0 Å². The van der Waals surface area contributed by atoms with E-state index in [0.717, 1.165) is 49.5 Å². The Kier molecular flexibility index (Phi) is 6.39. The van der Waals surface area contributed by atoms with Crippen LogP contribution in [0, 0.1) is 0 Å². The van der Waals surface area contributed by atoms with Crippen LogP contribution in [0.4, 0.5) is 0 Å². The summed E-state index contributed by atoms with van der Waals surface area (Å²) in [4.78, 5) is 6.91. The number of guanidine groups is 1. The van der Waals surface area contributed by atoms with Gasteiger partial charge in [-0.05, 0) is 50.3 Å². The van der Waals surface area contributed by atoms with E-state index in [1.165, 1.54) is 24.8 Å². The number of nitrogens with zero attached hydrogens (tertiary/aromatic N) is 2. The Morgan fingerprint density at radius 2 is 1.96 bits per heavy atom. The Labute approximate surface area is 160 Å². The van der Waals surface area contributed by atoms with Gasteiger partial charge in [-0.1, -0.05) is 34.5 Å². The van der Waals surface area contributed by atoms with Gasteiger partial charge in [0.2, 0.25) is 0 Å². The van der Waals surface area contributed by atoms with Crippen LogP contribution in [0.3, 0.4) is 0 Å². The van der Waals surface area contributed by atoms with E-state index in [0.29, 0.717) is 6.10 Å². The minimum Gasteiger partial charge on any atom is -0.378 e. The van der Waals surface area contributed by atoms with Crippen molar-refractivity contribution in [3.8, 4) is 0 Å². The van der Waals surface area contributed by atoms with Gasteiger partial charge in [0, 0.05) is 43.2 Å². The van der Waals surface area contributed by atoms with Gasteiger partial charge in [-0.3, -0.25) is 4.99 Å². The van der Waals surface area contributed by atoms with Gasteiger partial charge in [-0.2, -0.15) is 0 Å². The first kappa shape index (κ1) is 18.7. The third-order valence-corrected chi connectivity index (χ3v) is 6.24. The molecule has 0 radical (unpaired) electrons. The zero-order valence-corrected chi connectivity index (χ0v) is 17.0. The third-order valence-electron chi connectivity index (χ3n) is 5.71. The van der Waals surface area contributed by atoms with Gasteiger partial charge in [0.1, 0.15) is 0 Å². The van der Waals surface area contributed by atoms with Crippen LogP contribution in [-0.2, 0) is 10.2 Å². The van der Waals surface area contributed by atoms with Crippen molar-refractivity contribution >= 4 is 21.9 Å². The fourth-order valence-electron chi connectivity index (χ4n) is 4.03. The highest BCUT2D eigenvalue weighted by Crippen LogP contribution is 2.43. The Bertz CT molecular complexity index is 575. The maximum atomic E-state index is 5.76. The van der Waals surface area contributed by atoms with E-state index in [1.807, 2.05) is 7.05 Å². The molecule has 0 amide bonds. The second-order valence-electron chi connectivity index (χ2n) is 7.18. The highest BCUT2D eigenvalue weighted by Gasteiger charge is 2.39. The monoisotopic (exact) mass is 407 g/mol. The first-order valence-electron chi connectivity index (χ1n) is 9.50. The molecule has 3 rings (SSSR count). The smallest absolute Gasteiger partial charge is 0.193 e. The van der Waals surface area contributed by atoms with Crippen LogP contribution in [-0.4, -0.2) is 50.3 Å². The van der Waals surface area contributed by atoms with Gasteiger partial charge >= 0.3 is 0 Å². The van der Waals surface area contributed by atoms with Gasteiger partial charge in [0.05, 0.1) is 6.10 Å². The van der Waals surface area contributed by atoms with E-state index in [4.69, 9.17) is 4.74 Å². The van der Waals surface area contributed by atoms with Crippen LogP contribution in [0.5, 0.6) is 0 Å². The summed E-state index contributed by atoms with van der Waals surface area (Å²) in [6.07, 6.45) is 6.42. The zero-order chi connectivity index (χ0) is 17.7. The number of piperidine rings is 1. The van der Waals surface area contributed by atoms with Crippen molar-refractivity contribution < 1.29 is 4.74 Å². The van der Waals surface area contributed by atoms with Crippen molar-refractivity contribution in [2.45, 2.75) is 50.5 Å². The van der Waals surface area contributed by atoms with Gasteiger partial charge in [0.25, 0.3) is 0 Å². The number of rotatable bonds is 5. The lowest BCUT2D eigenvalue weighted by Gasteiger charge is -2.44. The molecular weight excluding hydrogens is 378 g/mol. The number of aliphatic imine (C=N–C) groups is 1. The molecule has 1 heterocycles. The molecule has 138 valence electrons. The molecule has 4 nitrogen and oxygen atoms in total. The van der Waals surface area contributed by atoms with E-state index >= 15 is 0 Å². The molecule has 0 spiro atoms. The van der Waals surface area contributed by atoms with Crippen molar-refractivity contribution in [1.82, 2.24) is 10.2 Å². The average Bonchev–Trinajstić information content (AvgIpc) is 2.60. The SMILES string of the molecule is CCOC1CCN(C(=NC)NCC2(c3ccc(Br)cc3)CCC2)CC1. The number of likely N-dealkylation sites (tertiary alicyclic amines) is 1. The highest BCUT2D eigenvalue weighted by atomic mass is 79.9. The number of hydrogen-bond donors (Lipinski definition) is 1. The summed E-state index contributed by atoms with van der Waals surface area (Å²) in [7, 11) is 1.89. The third kappa shape index (κ3) is 4.37. The lowest BCUT2D eigenvalue weighted by atomic mass is 9.64. The second kappa shape index (κ2) is 8.54. The fraction of sp³-hybridized carbons (Fsp3) is 0.650. The molecule has 1 saturated carbocycles. The Morgan fingerprint density at radius 3 is 2.48 bits per heavy atom. The molecule has 25 heavy (non-hydrogen) atoms. The lowest BCUT2D eigenvalue weighted by Crippen LogP contribution is -2.52. The summed E-state index contributed by atoms with van der Waals surface area (Å²) in [5.41, 5.74) is 1.71. The van der Waals surface area contributed by atoms with E-state index in [1.54, 1.807) is 0 Å². The molecule has 1 aliphatic heterocycles. The number of halogens is 1. The number of nitrogens with one attached hydrogen (secondary N) is 1. The topological polar surface area (TPSA) is 36.9 Å². The predicted octanol–water partition coefficient (Wildman–Crippen LogP) is 3.95. The van der Waals surface area contributed by atoms with Crippen LogP contribution in [0.2, 0.25) is 0 Å². The Hall–Kier alpha value is -1.07. The Morgan fingerprint density at radius 1 is 1.28 bits per heavy atom. The summed E-state index contributed by atoms with van der Waals surface area (Å²) < 4.78 is 6.91. The Balaban J connectivity index is 1.58. The molecular formula is C20H30BrN3O. The molecule has 1 aromatic carbocycles. The molecule has 2 fully saturated rings. The maximum absolute atomic E-state index is 5.76. The summed E-state index contributed by atoms with van der Waals surface area (Å²) >= 11 is 3.54. The number of ether oxygens (including phenoxy) is 1. The van der Waals surface area contributed by atoms with E-state index in [2.05, 4.69) is 62.3 Å². The summed E-state index contributed by atoms with van der Waals surface area (Å²) in [5.74, 6) is 1.04. The molecule has 1 aliphatic carbocycles. The molecule has 5 heteroatoms. The van der Waals surface area contributed by atoms with Gasteiger partial charge in [0.15, 0.2) is 5.96 Å². The van der Waals surface area contributed by atoms with Crippen LogP contribution in [0.1, 0.15) is 44.6 Å². The first-order chi connectivity index (χ1) is 12.2. The van der Waals surface area contributed by atoms with Gasteiger partial charge < -0.3 is 15.0 Å². The molecule has 0 aromatic heterocycles. The van der Waals surface area contributed by atoms with E-state index in [-0.39, 0.29) is 5.41 Å². The van der Waals surface area contributed by atoms with Crippen LogP contribution < -0.4 is 5.32 Å². The zero-order valence-electron chi connectivity index (χ0n) is 15.4. The van der Waals surface area contributed by atoms with Gasteiger partial charge in [-0.15, -0.1) is 0 Å². The molecule has 1 N–H and O–H groups in total. The minimum absolute atomic E-state index is 0.264. The summed E-state index contributed by atoms with van der Waals surface area (Å²) in [6.45, 7) is 5.90. The highest BCUT2D eigenvalue weighted by molar-refractivity contribution is 9.10. The largest absolute Gasteiger partial charge is 0.378 e. The standard InChI is InChI=1S/C20H30BrN3O/c1-3-25-18-9-13-24(14-10-18)19(22-2)23-15-20(11-4-12-20)16-5-7-17(21)8-6-16/h5-8,18H,3-4,9-15H2,1-2H3,(H,22,23). The van der Waals surface area contributed by atoms with Crippen molar-refractivity contribution in [3.63, 3.8) is 0 Å². The summed E-state index contributed by atoms with van der Waals surface area (Å²) in [6, 6.07) is 8.84. The van der Waals surface area contributed by atoms with E-state index in [9.17, 15) is 0 Å². The number of benzene rings is 1. The maximum Gasteiger partial charge on any atom is 0.193 e. The molecule has 1 aromatic rings. The lowest BCUT2D eigenvalue weighted by molar-refractivity contribution is 0.0262. The van der Waals surface area contributed by atoms with Crippen molar-refractivity contribution in [2.75, 3.05) is 33.3 Å². The number of hydrogen-bond acceptors (Lipinski definition) is 2. The van der Waals surface area contributed by atoms with E-state index < -0.39 is 0 Å². The molecule has 0 bridgehead atoms. The quantitative estimate of drug-likeness (QED) is 0.592. The molecule has 2 aliphatic rings. The van der Waals surface area contributed by atoms with Crippen molar-refractivity contribution in [2.24, 2.45) is 4.99 Å². The fourth-order valence-corrected chi connectivity index (χ4v) is 4.29. The van der Waals surface area contributed by atoms with Crippen LogP contribution >= 0.6 is 15.9 Å². The van der Waals surface area contributed by atoms with Crippen LogP contribution in [0.25, 0.3) is 0 Å². The predicted molar refractivity (Wildman–Crippen MR) is 107 cm³/mol. The van der Waals surface area contributed by atoms with Crippen LogP contribution in [0.15, 0.2) is 33.7 Å². The van der Waals surface area contributed by atoms with Gasteiger partial charge in [-0.25, -0.2) is 0 Å². The van der Waals surface area contributed by atoms with Crippen molar-refractivity contribution in [3.05, 3.63) is 34.3 Å². The molecule has 0 atom stereocenters. The average molecular weight is 408 g/mol.